The summed E-state index contributed by atoms with van der Waals surface area (Å²) in [4.78, 5) is 15.3. The van der Waals surface area contributed by atoms with E-state index in [1.54, 1.807) is 20.8 Å². The van der Waals surface area contributed by atoms with Crippen LogP contribution in [-0.2, 0) is 24.1 Å². The second-order valence-electron chi connectivity index (χ2n) is 7.76. The second kappa shape index (κ2) is 13.9. The van der Waals surface area contributed by atoms with Gasteiger partial charge in [-0.1, -0.05) is 0 Å². The van der Waals surface area contributed by atoms with Crippen LogP contribution >= 0.6 is 12.2 Å². The fourth-order valence-corrected chi connectivity index (χ4v) is 3.07. The van der Waals surface area contributed by atoms with Gasteiger partial charge in [-0.25, -0.2) is 8.98 Å². The van der Waals surface area contributed by atoms with E-state index in [1.807, 2.05) is 0 Å². The predicted molar refractivity (Wildman–Crippen MR) is 113 cm³/mol. The van der Waals surface area contributed by atoms with Crippen LogP contribution in [-0.4, -0.2) is 96.2 Å². The number of aliphatic imine (C=N–C) groups is 1. The molecule has 1 aliphatic heterocycles. The normalized spacial score (nSPS) is 26.0. The van der Waals surface area contributed by atoms with Crippen molar-refractivity contribution in [3.05, 3.63) is 0 Å². The van der Waals surface area contributed by atoms with Crippen LogP contribution in [0, 0.1) is 0 Å². The third-order valence-electron chi connectivity index (χ3n) is 3.78. The molecule has 1 heterocycles. The van der Waals surface area contributed by atoms with E-state index < -0.39 is 65.2 Å². The van der Waals surface area contributed by atoms with Gasteiger partial charge in [0.2, 0.25) is 0 Å². The Labute approximate surface area is 219 Å². The summed E-state index contributed by atoms with van der Waals surface area (Å²) < 4.78 is 45.0. The van der Waals surface area contributed by atoms with Gasteiger partial charge in [-0.3, -0.25) is 9.55 Å². The Morgan fingerprint density at radius 1 is 1.21 bits per heavy atom. The maximum atomic E-state index is 11.6. The molecule has 1 rings (SSSR count). The number of carbonyl (C=O) groups excluding carboxylic acids is 1. The summed E-state index contributed by atoms with van der Waals surface area (Å²) in [5.41, 5.74) is -0.650. The number of nitrogens with one attached hydrogen (secondary N) is 3. The van der Waals surface area contributed by atoms with Crippen LogP contribution in [0.2, 0.25) is 0 Å². The van der Waals surface area contributed by atoms with Gasteiger partial charge >= 0.3 is 46.0 Å². The predicted octanol–water partition coefficient (Wildman–Crippen LogP) is -5.61. The number of hydrogen-bond acceptors (Lipinski definition) is 11. The van der Waals surface area contributed by atoms with Crippen LogP contribution in [0.15, 0.2) is 4.99 Å². The number of aliphatic hydroxyl groups excluding tert-OH is 2. The zero-order valence-corrected chi connectivity index (χ0v) is 22.6. The molecule has 1 saturated heterocycles. The van der Waals surface area contributed by atoms with E-state index in [0.717, 1.165) is 6.92 Å². The van der Waals surface area contributed by atoms with Gasteiger partial charge in [0.1, 0.15) is 30.0 Å². The molecule has 1 fully saturated rings. The fraction of sp³-hybridized carbons (Fsp3) is 0.812. The molecule has 6 N–H and O–H groups in total. The van der Waals surface area contributed by atoms with E-state index >= 15 is 0 Å². The molecule has 186 valence electrons. The monoisotopic (exact) mass is 524 g/mol. The number of alkyl carbamates (subject to hydrolysis) is 1. The molecule has 0 bridgehead atoms. The van der Waals surface area contributed by atoms with Crippen LogP contribution in [0.25, 0.3) is 0 Å². The average molecular weight is 525 g/mol. The van der Waals surface area contributed by atoms with Crippen LogP contribution in [0.4, 0.5) is 4.79 Å². The Bertz CT molecular complexity index is 789. The van der Waals surface area contributed by atoms with E-state index in [-0.39, 0.29) is 47.8 Å². The maximum Gasteiger partial charge on any atom is 1.00 e. The molecule has 0 aromatic heterocycles. The van der Waals surface area contributed by atoms with Gasteiger partial charge in [0.05, 0.1) is 6.61 Å². The Kier molecular flexibility index (Phi) is 13.6. The topological polar surface area (TPSA) is 211 Å². The fourth-order valence-electron chi connectivity index (χ4n) is 2.55. The average Bonchev–Trinajstić information content (AvgIpc) is 2.61. The minimum atomic E-state index is -4.82. The van der Waals surface area contributed by atoms with E-state index in [1.165, 1.54) is 0 Å². The minimum absolute atomic E-state index is 0. The van der Waals surface area contributed by atoms with E-state index in [4.69, 9.17) is 26.2 Å². The summed E-state index contributed by atoms with van der Waals surface area (Å²) in [6.07, 6.45) is -6.60. The SMILES string of the molecule is CC([O-])=N[C@@H]1[C@@H](O)[C@H](O)[C@@H](COS(=O)(=O)O)O[C@H]1NC(=S)NCCNC(=O)OC(C)(C)C.[Na+]. The number of thiocarbonyl (C=S) groups is 1. The van der Waals surface area contributed by atoms with Crippen LogP contribution in [0.3, 0.4) is 0 Å². The molecule has 33 heavy (non-hydrogen) atoms. The Hall–Kier alpha value is -0.820. The van der Waals surface area contributed by atoms with Crippen molar-refractivity contribution in [2.75, 3.05) is 19.7 Å². The van der Waals surface area contributed by atoms with E-state index in [0.29, 0.717) is 0 Å². The maximum absolute atomic E-state index is 11.6. The van der Waals surface area contributed by atoms with Gasteiger partial charge in [0, 0.05) is 13.1 Å². The molecule has 0 unspecified atom stereocenters. The smallest absolute Gasteiger partial charge is 0.862 e. The van der Waals surface area contributed by atoms with Crippen molar-refractivity contribution in [1.29, 1.82) is 0 Å². The van der Waals surface area contributed by atoms with Gasteiger partial charge in [-0.2, -0.15) is 8.42 Å². The molecule has 14 nitrogen and oxygen atoms in total. The molecule has 0 spiro atoms. The number of hydrogen-bond donors (Lipinski definition) is 6. The summed E-state index contributed by atoms with van der Waals surface area (Å²) in [6.45, 7) is 5.79. The summed E-state index contributed by atoms with van der Waals surface area (Å²) in [7, 11) is -4.82. The number of aliphatic hydroxyl groups is 2. The number of amides is 1. The van der Waals surface area contributed by atoms with Crippen molar-refractivity contribution in [1.82, 2.24) is 16.0 Å². The van der Waals surface area contributed by atoms with Crippen molar-refractivity contribution in [2.24, 2.45) is 4.99 Å². The Morgan fingerprint density at radius 2 is 1.79 bits per heavy atom. The van der Waals surface area contributed by atoms with Gasteiger partial charge in [-0.05, 0) is 45.8 Å². The first-order chi connectivity index (χ1) is 14.6. The van der Waals surface area contributed by atoms with E-state index in [9.17, 15) is 28.5 Å². The third kappa shape index (κ3) is 13.0. The first-order valence-corrected chi connectivity index (χ1v) is 11.2. The van der Waals surface area contributed by atoms with Crippen LogP contribution in [0.5, 0.6) is 0 Å². The largest absolute Gasteiger partial charge is 1.00 e. The molecule has 0 radical (unpaired) electrons. The summed E-state index contributed by atoms with van der Waals surface area (Å²) in [5, 5.41) is 39.8. The van der Waals surface area contributed by atoms with Crippen molar-refractivity contribution in [3.8, 4) is 0 Å². The zero-order valence-electron chi connectivity index (χ0n) is 19.0. The molecular formula is C16H29N4NaO10S2. The number of rotatable bonds is 8. The molecule has 5 atom stereocenters. The number of ether oxygens (including phenoxy) is 2. The van der Waals surface area contributed by atoms with Gasteiger partial charge in [0.25, 0.3) is 0 Å². The second-order valence-corrected chi connectivity index (χ2v) is 9.26. The van der Waals surface area contributed by atoms with Crippen molar-refractivity contribution >= 4 is 39.7 Å². The van der Waals surface area contributed by atoms with Crippen molar-refractivity contribution in [3.63, 3.8) is 0 Å². The third-order valence-corrected chi connectivity index (χ3v) is 4.47. The quantitative estimate of drug-likeness (QED) is 0.0437. The summed E-state index contributed by atoms with van der Waals surface area (Å²) in [5.74, 6) is -0.662. The van der Waals surface area contributed by atoms with Crippen LogP contribution in [0.1, 0.15) is 27.7 Å². The standard InChI is InChI=1S/C16H30N4O10S2.Na/c1-8(21)19-10-12(23)11(22)9(7-28-32(25,26)27)29-13(10)20-14(31)17-5-6-18-15(24)30-16(2,3)4;/h9-13,22-23H,5-7H2,1-4H3,(H,18,24)(H,19,21)(H2,17,20,31)(H,25,26,27);/q;+1/p-1/t9-,10-,11-,12-,13-;/m1./s1. The number of carbonyl (C=O) groups is 1. The van der Waals surface area contributed by atoms with Gasteiger partial charge in [0.15, 0.2) is 11.3 Å². The van der Waals surface area contributed by atoms with Gasteiger partial charge < -0.3 is 40.7 Å². The first kappa shape index (κ1) is 32.2. The van der Waals surface area contributed by atoms with Gasteiger partial charge in [-0.15, -0.1) is 0 Å². The minimum Gasteiger partial charge on any atom is -0.862 e. The zero-order chi connectivity index (χ0) is 24.7. The van der Waals surface area contributed by atoms with Crippen LogP contribution < -0.4 is 50.6 Å². The van der Waals surface area contributed by atoms with Crippen molar-refractivity contribution < 1.29 is 76.3 Å². The first-order valence-electron chi connectivity index (χ1n) is 9.45. The Morgan fingerprint density at radius 3 is 2.30 bits per heavy atom. The molecule has 1 amide bonds. The number of nitrogens with zero attached hydrogens (tertiary/aromatic N) is 1. The molecule has 0 aromatic rings. The van der Waals surface area contributed by atoms with E-state index in [2.05, 4.69) is 25.1 Å². The molecule has 0 saturated carbocycles. The molecule has 0 aliphatic carbocycles. The molecular weight excluding hydrogens is 495 g/mol. The summed E-state index contributed by atoms with van der Waals surface area (Å²) in [6, 6.07) is -1.29. The molecule has 17 heteroatoms. The Balaban J connectivity index is 0.0000102. The molecule has 0 aromatic carbocycles. The summed E-state index contributed by atoms with van der Waals surface area (Å²) >= 11 is 5.11. The molecule has 1 aliphatic rings. The van der Waals surface area contributed by atoms with Crippen molar-refractivity contribution in [2.45, 2.75) is 63.9 Å².